The fraction of sp³-hybridized carbons (Fsp3) is 0.133. The Labute approximate surface area is 128 Å². The van der Waals surface area contributed by atoms with Gasteiger partial charge in [-0.25, -0.2) is 22.3 Å². The van der Waals surface area contributed by atoms with Crippen LogP contribution in [0.15, 0.2) is 47.4 Å². The molecule has 2 aromatic carbocycles. The molecule has 0 saturated heterocycles. The summed E-state index contributed by atoms with van der Waals surface area (Å²) in [5, 5.41) is 2.28. The summed E-state index contributed by atoms with van der Waals surface area (Å²) in [5.74, 6) is -0.487. The highest BCUT2D eigenvalue weighted by Gasteiger charge is 2.17. The van der Waals surface area contributed by atoms with Crippen molar-refractivity contribution in [3.8, 4) is 0 Å². The van der Waals surface area contributed by atoms with Gasteiger partial charge in [-0.2, -0.15) is 0 Å². The second kappa shape index (κ2) is 6.15. The van der Waals surface area contributed by atoms with Crippen LogP contribution < -0.4 is 10.0 Å². The molecule has 0 aliphatic carbocycles. The van der Waals surface area contributed by atoms with Gasteiger partial charge < -0.3 is 5.32 Å². The molecule has 0 fully saturated rings. The summed E-state index contributed by atoms with van der Waals surface area (Å²) in [6, 6.07) is 9.18. The maximum absolute atomic E-state index is 13.4. The SMILES string of the molecule is Cc1ccc(S(=O)(=O)NC(=O)Nc2ccc(C)c(F)c2)cc1. The average Bonchev–Trinajstić information content (AvgIpc) is 2.42. The summed E-state index contributed by atoms with van der Waals surface area (Å²) in [4.78, 5) is 11.7. The van der Waals surface area contributed by atoms with Gasteiger partial charge in [-0.05, 0) is 43.7 Å². The highest BCUT2D eigenvalue weighted by atomic mass is 32.2. The van der Waals surface area contributed by atoms with E-state index in [-0.39, 0.29) is 10.6 Å². The van der Waals surface area contributed by atoms with Gasteiger partial charge in [0.2, 0.25) is 0 Å². The number of sulfonamides is 1. The van der Waals surface area contributed by atoms with E-state index in [0.717, 1.165) is 11.6 Å². The molecule has 7 heteroatoms. The van der Waals surface area contributed by atoms with Crippen LogP contribution in [-0.4, -0.2) is 14.4 Å². The van der Waals surface area contributed by atoms with Gasteiger partial charge in [0.25, 0.3) is 10.0 Å². The Balaban J connectivity index is 2.10. The molecule has 2 N–H and O–H groups in total. The molecule has 2 amide bonds. The molecular weight excluding hydrogens is 307 g/mol. The number of aryl methyl sites for hydroxylation is 2. The molecule has 0 radical (unpaired) electrons. The predicted molar refractivity (Wildman–Crippen MR) is 81.7 cm³/mol. The summed E-state index contributed by atoms with van der Waals surface area (Å²) in [6.45, 7) is 3.41. The molecule has 2 aromatic rings. The van der Waals surface area contributed by atoms with Crippen molar-refractivity contribution in [2.45, 2.75) is 18.7 Å². The maximum atomic E-state index is 13.4. The van der Waals surface area contributed by atoms with E-state index in [0.29, 0.717) is 5.56 Å². The van der Waals surface area contributed by atoms with E-state index in [1.165, 1.54) is 24.3 Å². The van der Waals surface area contributed by atoms with Gasteiger partial charge in [-0.3, -0.25) is 0 Å². The molecule has 0 saturated carbocycles. The normalized spacial score (nSPS) is 11.0. The second-order valence-corrected chi connectivity index (χ2v) is 6.52. The number of rotatable bonds is 3. The Kier molecular flexibility index (Phi) is 4.46. The minimum Gasteiger partial charge on any atom is -0.307 e. The number of urea groups is 1. The summed E-state index contributed by atoms with van der Waals surface area (Å²) < 4.78 is 39.3. The number of carbonyl (C=O) groups excluding carboxylic acids is 1. The van der Waals surface area contributed by atoms with E-state index >= 15 is 0 Å². The first-order chi connectivity index (χ1) is 10.3. The first kappa shape index (κ1) is 16.0. The largest absolute Gasteiger partial charge is 0.333 e. The van der Waals surface area contributed by atoms with Crippen molar-refractivity contribution in [3.63, 3.8) is 0 Å². The second-order valence-electron chi connectivity index (χ2n) is 4.84. The fourth-order valence-electron chi connectivity index (χ4n) is 1.73. The fourth-order valence-corrected chi connectivity index (χ4v) is 2.63. The van der Waals surface area contributed by atoms with E-state index in [1.807, 2.05) is 11.6 Å². The number of hydrogen-bond acceptors (Lipinski definition) is 3. The molecule has 0 bridgehead atoms. The topological polar surface area (TPSA) is 75.3 Å². The van der Waals surface area contributed by atoms with Crippen LogP contribution >= 0.6 is 0 Å². The van der Waals surface area contributed by atoms with E-state index in [2.05, 4.69) is 5.32 Å². The maximum Gasteiger partial charge on any atom is 0.333 e. The van der Waals surface area contributed by atoms with Gasteiger partial charge in [0, 0.05) is 5.69 Å². The lowest BCUT2D eigenvalue weighted by molar-refractivity contribution is 0.256. The van der Waals surface area contributed by atoms with Gasteiger partial charge in [-0.1, -0.05) is 23.8 Å². The van der Waals surface area contributed by atoms with E-state index in [1.54, 1.807) is 19.1 Å². The number of halogens is 1. The monoisotopic (exact) mass is 322 g/mol. The third-order valence-corrected chi connectivity index (χ3v) is 4.33. The molecule has 0 aliphatic heterocycles. The zero-order valence-electron chi connectivity index (χ0n) is 12.1. The predicted octanol–water partition coefficient (Wildman–Crippen LogP) is 2.95. The van der Waals surface area contributed by atoms with E-state index in [4.69, 9.17) is 0 Å². The minimum atomic E-state index is -3.97. The summed E-state index contributed by atoms with van der Waals surface area (Å²) >= 11 is 0. The van der Waals surface area contributed by atoms with Crippen LogP contribution in [-0.2, 0) is 10.0 Å². The number of anilines is 1. The number of carbonyl (C=O) groups is 1. The van der Waals surface area contributed by atoms with Gasteiger partial charge >= 0.3 is 6.03 Å². The minimum absolute atomic E-state index is 0.0247. The lowest BCUT2D eigenvalue weighted by atomic mass is 10.2. The smallest absolute Gasteiger partial charge is 0.307 e. The van der Waals surface area contributed by atoms with E-state index in [9.17, 15) is 17.6 Å². The Morgan fingerprint density at radius 1 is 1.05 bits per heavy atom. The number of nitrogens with one attached hydrogen (secondary N) is 2. The molecule has 0 atom stereocenters. The molecule has 0 spiro atoms. The van der Waals surface area contributed by atoms with Crippen molar-refractivity contribution in [2.75, 3.05) is 5.32 Å². The summed E-state index contributed by atoms with van der Waals surface area (Å²) in [7, 11) is -3.97. The zero-order chi connectivity index (χ0) is 16.3. The van der Waals surface area contributed by atoms with Crippen molar-refractivity contribution < 1.29 is 17.6 Å². The third-order valence-electron chi connectivity index (χ3n) is 2.99. The Morgan fingerprint density at radius 3 is 2.27 bits per heavy atom. The highest BCUT2D eigenvalue weighted by Crippen LogP contribution is 2.14. The Morgan fingerprint density at radius 2 is 1.68 bits per heavy atom. The number of amides is 2. The molecule has 0 aromatic heterocycles. The average molecular weight is 322 g/mol. The highest BCUT2D eigenvalue weighted by molar-refractivity contribution is 7.90. The van der Waals surface area contributed by atoms with Crippen LogP contribution in [0, 0.1) is 19.7 Å². The number of hydrogen-bond donors (Lipinski definition) is 2. The standard InChI is InChI=1S/C15H15FN2O3S/c1-10-3-7-13(8-4-10)22(20,21)18-15(19)17-12-6-5-11(2)14(16)9-12/h3-9H,1-2H3,(H2,17,18,19). The zero-order valence-corrected chi connectivity index (χ0v) is 12.9. The molecule has 0 unspecified atom stereocenters. The molecule has 5 nitrogen and oxygen atoms in total. The molecular formula is C15H15FN2O3S. The van der Waals surface area contributed by atoms with Crippen LogP contribution in [0.3, 0.4) is 0 Å². The van der Waals surface area contributed by atoms with Crippen molar-refractivity contribution >= 4 is 21.7 Å². The van der Waals surface area contributed by atoms with Crippen molar-refractivity contribution in [3.05, 3.63) is 59.4 Å². The number of benzene rings is 2. The lowest BCUT2D eigenvalue weighted by Crippen LogP contribution is -2.34. The van der Waals surface area contributed by atoms with Crippen LogP contribution in [0.1, 0.15) is 11.1 Å². The van der Waals surface area contributed by atoms with Crippen LogP contribution in [0.5, 0.6) is 0 Å². The first-order valence-corrected chi connectivity index (χ1v) is 7.93. The molecule has 0 heterocycles. The molecule has 22 heavy (non-hydrogen) atoms. The summed E-state index contributed by atoms with van der Waals surface area (Å²) in [6.07, 6.45) is 0. The summed E-state index contributed by atoms with van der Waals surface area (Å²) in [5.41, 5.74) is 1.50. The molecule has 0 aliphatic rings. The van der Waals surface area contributed by atoms with Gasteiger partial charge in [0.05, 0.1) is 4.90 Å². The van der Waals surface area contributed by atoms with Crippen molar-refractivity contribution in [1.29, 1.82) is 0 Å². The van der Waals surface area contributed by atoms with Crippen molar-refractivity contribution in [1.82, 2.24) is 4.72 Å². The van der Waals surface area contributed by atoms with Gasteiger partial charge in [0.1, 0.15) is 5.82 Å². The third kappa shape index (κ3) is 3.82. The Hall–Kier alpha value is -2.41. The van der Waals surface area contributed by atoms with Gasteiger partial charge in [0.15, 0.2) is 0 Å². The van der Waals surface area contributed by atoms with Crippen molar-refractivity contribution in [2.24, 2.45) is 0 Å². The van der Waals surface area contributed by atoms with Crippen LogP contribution in [0.25, 0.3) is 0 Å². The van der Waals surface area contributed by atoms with Crippen LogP contribution in [0.4, 0.5) is 14.9 Å². The van der Waals surface area contributed by atoms with Crippen LogP contribution in [0.2, 0.25) is 0 Å². The lowest BCUT2D eigenvalue weighted by Gasteiger charge is -2.09. The molecule has 2 rings (SSSR count). The van der Waals surface area contributed by atoms with Gasteiger partial charge in [-0.15, -0.1) is 0 Å². The van der Waals surface area contributed by atoms with E-state index < -0.39 is 21.9 Å². The molecule has 116 valence electrons. The Bertz CT molecular complexity index is 802. The first-order valence-electron chi connectivity index (χ1n) is 6.44. The quantitative estimate of drug-likeness (QED) is 0.912.